The maximum Gasteiger partial charge on any atom is 0.407 e. The summed E-state index contributed by atoms with van der Waals surface area (Å²) in [6.45, 7) is -0.0261. The van der Waals surface area contributed by atoms with Gasteiger partial charge in [-0.15, -0.1) is 0 Å². The SMILES string of the molecule is O=C(CC(O)CNC(=O)OCC1c2ccccc2-c2ccccc21)NC1(C(=O)O)CCCCC1. The van der Waals surface area contributed by atoms with Crippen LogP contribution in [0.15, 0.2) is 48.5 Å². The third-order valence-corrected chi connectivity index (χ3v) is 6.74. The fraction of sp³-hybridized carbons (Fsp3) is 0.423. The molecule has 0 aliphatic heterocycles. The molecule has 4 N–H and O–H groups in total. The highest BCUT2D eigenvalue weighted by molar-refractivity contribution is 5.87. The number of amides is 2. The number of ether oxygens (including phenoxy) is 1. The van der Waals surface area contributed by atoms with E-state index in [2.05, 4.69) is 22.8 Å². The Morgan fingerprint density at radius 2 is 1.56 bits per heavy atom. The number of fused-ring (bicyclic) bond motifs is 3. The molecule has 2 aromatic rings. The number of carbonyl (C=O) groups is 3. The van der Waals surface area contributed by atoms with Gasteiger partial charge in [-0.25, -0.2) is 9.59 Å². The Hall–Kier alpha value is -3.39. The topological polar surface area (TPSA) is 125 Å². The zero-order chi connectivity index (χ0) is 24.1. The van der Waals surface area contributed by atoms with Crippen LogP contribution in [0, 0.1) is 0 Å². The second kappa shape index (κ2) is 10.3. The Morgan fingerprint density at radius 3 is 2.15 bits per heavy atom. The Balaban J connectivity index is 1.25. The molecule has 2 amide bonds. The fourth-order valence-corrected chi connectivity index (χ4v) is 5.00. The lowest BCUT2D eigenvalue weighted by Gasteiger charge is -2.34. The van der Waals surface area contributed by atoms with E-state index in [4.69, 9.17) is 4.74 Å². The van der Waals surface area contributed by atoms with Crippen LogP contribution in [0.3, 0.4) is 0 Å². The molecule has 0 bridgehead atoms. The summed E-state index contributed by atoms with van der Waals surface area (Å²) in [5, 5.41) is 24.8. The van der Waals surface area contributed by atoms with Crippen molar-refractivity contribution in [3.63, 3.8) is 0 Å². The molecule has 0 saturated heterocycles. The first-order chi connectivity index (χ1) is 16.4. The number of benzene rings is 2. The average Bonchev–Trinajstić information content (AvgIpc) is 3.15. The van der Waals surface area contributed by atoms with Crippen LogP contribution in [0.1, 0.15) is 55.6 Å². The van der Waals surface area contributed by atoms with Gasteiger partial charge in [-0.1, -0.05) is 67.8 Å². The van der Waals surface area contributed by atoms with Crippen LogP contribution in [0.5, 0.6) is 0 Å². The molecule has 2 aliphatic rings. The van der Waals surface area contributed by atoms with Gasteiger partial charge >= 0.3 is 12.1 Å². The molecule has 0 spiro atoms. The second-order valence-corrected chi connectivity index (χ2v) is 9.06. The average molecular weight is 467 g/mol. The van der Waals surface area contributed by atoms with Crippen LogP contribution in [0.25, 0.3) is 11.1 Å². The van der Waals surface area contributed by atoms with E-state index in [1.165, 1.54) is 0 Å². The summed E-state index contributed by atoms with van der Waals surface area (Å²) in [7, 11) is 0. The van der Waals surface area contributed by atoms with E-state index in [1.54, 1.807) is 0 Å². The summed E-state index contributed by atoms with van der Waals surface area (Å²) in [5.41, 5.74) is 3.19. The van der Waals surface area contributed by atoms with E-state index in [0.717, 1.165) is 41.5 Å². The molecular formula is C26H30N2O6. The van der Waals surface area contributed by atoms with Gasteiger partial charge in [-0.05, 0) is 35.1 Å². The van der Waals surface area contributed by atoms with Crippen LogP contribution < -0.4 is 10.6 Å². The highest BCUT2D eigenvalue weighted by atomic mass is 16.5. The zero-order valence-corrected chi connectivity index (χ0v) is 19.0. The predicted octanol–water partition coefficient (Wildman–Crippen LogP) is 3.18. The molecule has 1 atom stereocenters. The fourth-order valence-electron chi connectivity index (χ4n) is 5.00. The van der Waals surface area contributed by atoms with Crippen molar-refractivity contribution in [1.29, 1.82) is 0 Å². The number of aliphatic hydroxyl groups is 1. The largest absolute Gasteiger partial charge is 0.480 e. The normalized spacial score (nSPS) is 17.2. The van der Waals surface area contributed by atoms with Crippen molar-refractivity contribution in [1.82, 2.24) is 10.6 Å². The number of rotatable bonds is 8. The monoisotopic (exact) mass is 466 g/mol. The predicted molar refractivity (Wildman–Crippen MR) is 125 cm³/mol. The van der Waals surface area contributed by atoms with Crippen molar-refractivity contribution < 1.29 is 29.3 Å². The van der Waals surface area contributed by atoms with Crippen molar-refractivity contribution in [2.24, 2.45) is 0 Å². The molecule has 8 heteroatoms. The summed E-state index contributed by atoms with van der Waals surface area (Å²) >= 11 is 0. The van der Waals surface area contributed by atoms with Gasteiger partial charge in [0.05, 0.1) is 12.5 Å². The highest BCUT2D eigenvalue weighted by Gasteiger charge is 2.41. The molecule has 34 heavy (non-hydrogen) atoms. The maximum absolute atomic E-state index is 12.3. The van der Waals surface area contributed by atoms with Crippen LogP contribution in [0.2, 0.25) is 0 Å². The molecule has 1 fully saturated rings. The van der Waals surface area contributed by atoms with Crippen molar-refractivity contribution in [2.75, 3.05) is 13.2 Å². The van der Waals surface area contributed by atoms with E-state index in [1.807, 2.05) is 36.4 Å². The number of nitrogens with one attached hydrogen (secondary N) is 2. The first-order valence-corrected chi connectivity index (χ1v) is 11.7. The molecule has 2 aliphatic carbocycles. The maximum atomic E-state index is 12.3. The molecular weight excluding hydrogens is 436 g/mol. The van der Waals surface area contributed by atoms with Crippen molar-refractivity contribution in [3.8, 4) is 11.1 Å². The van der Waals surface area contributed by atoms with Crippen LogP contribution in [0.4, 0.5) is 4.79 Å². The number of carbonyl (C=O) groups excluding carboxylic acids is 2. The number of alkyl carbamates (subject to hydrolysis) is 1. The van der Waals surface area contributed by atoms with E-state index in [0.29, 0.717) is 12.8 Å². The quantitative estimate of drug-likeness (QED) is 0.474. The van der Waals surface area contributed by atoms with E-state index in [-0.39, 0.29) is 25.5 Å². The van der Waals surface area contributed by atoms with Gasteiger partial charge in [-0.3, -0.25) is 4.79 Å². The van der Waals surface area contributed by atoms with E-state index >= 15 is 0 Å². The third kappa shape index (κ3) is 5.07. The van der Waals surface area contributed by atoms with Crippen molar-refractivity contribution in [2.45, 2.75) is 56.1 Å². The number of aliphatic hydroxyl groups excluding tert-OH is 1. The summed E-state index contributed by atoms with van der Waals surface area (Å²) in [4.78, 5) is 36.3. The molecule has 0 aromatic heterocycles. The number of hydrogen-bond donors (Lipinski definition) is 4. The standard InChI is InChI=1S/C26H30N2O6/c29-17(14-23(30)28-26(24(31)32)12-6-1-7-13-26)15-27-25(33)34-16-22-20-10-4-2-8-18(20)19-9-3-5-11-21(19)22/h2-5,8-11,17,22,29H,1,6-7,12-16H2,(H,27,33)(H,28,30)(H,31,32). The summed E-state index contributed by atoms with van der Waals surface area (Å²) in [6.07, 6.45) is 1.02. The molecule has 8 nitrogen and oxygen atoms in total. The van der Waals surface area contributed by atoms with Gasteiger partial charge in [0.15, 0.2) is 0 Å². The van der Waals surface area contributed by atoms with E-state index in [9.17, 15) is 24.6 Å². The first kappa shape index (κ1) is 23.8. The smallest absolute Gasteiger partial charge is 0.407 e. The van der Waals surface area contributed by atoms with Crippen LogP contribution in [-0.4, -0.2) is 53.0 Å². The number of aliphatic carboxylic acids is 1. The third-order valence-electron chi connectivity index (χ3n) is 6.74. The number of carboxylic acids is 1. The molecule has 180 valence electrons. The lowest BCUT2D eigenvalue weighted by atomic mass is 9.81. The highest BCUT2D eigenvalue weighted by Crippen LogP contribution is 2.44. The Morgan fingerprint density at radius 1 is 0.971 bits per heavy atom. The van der Waals surface area contributed by atoms with Gasteiger partial charge in [0.2, 0.25) is 5.91 Å². The van der Waals surface area contributed by atoms with Gasteiger partial charge in [-0.2, -0.15) is 0 Å². The number of hydrogen-bond acceptors (Lipinski definition) is 5. The van der Waals surface area contributed by atoms with Crippen LogP contribution >= 0.6 is 0 Å². The Labute approximate surface area is 198 Å². The first-order valence-electron chi connectivity index (χ1n) is 11.7. The lowest BCUT2D eigenvalue weighted by molar-refractivity contribution is -0.149. The van der Waals surface area contributed by atoms with Gasteiger partial charge in [0.25, 0.3) is 0 Å². The van der Waals surface area contributed by atoms with Crippen LogP contribution in [-0.2, 0) is 14.3 Å². The van der Waals surface area contributed by atoms with E-state index < -0.39 is 29.6 Å². The Kier molecular flexibility index (Phi) is 7.17. The molecule has 0 radical (unpaired) electrons. The van der Waals surface area contributed by atoms with Crippen molar-refractivity contribution >= 4 is 18.0 Å². The molecule has 4 rings (SSSR count). The summed E-state index contributed by atoms with van der Waals surface area (Å²) in [6, 6.07) is 16.0. The minimum atomic E-state index is -1.27. The zero-order valence-electron chi connectivity index (χ0n) is 19.0. The van der Waals surface area contributed by atoms with Crippen molar-refractivity contribution in [3.05, 3.63) is 59.7 Å². The second-order valence-electron chi connectivity index (χ2n) is 9.06. The molecule has 1 saturated carbocycles. The van der Waals surface area contributed by atoms with Gasteiger partial charge in [0.1, 0.15) is 12.1 Å². The molecule has 0 heterocycles. The lowest BCUT2D eigenvalue weighted by Crippen LogP contribution is -2.56. The molecule has 1 unspecified atom stereocenters. The van der Waals surface area contributed by atoms with Gasteiger partial charge in [0, 0.05) is 12.5 Å². The minimum absolute atomic E-state index is 0.0726. The molecule has 2 aromatic carbocycles. The van der Waals surface area contributed by atoms with Gasteiger partial charge < -0.3 is 25.6 Å². The summed E-state index contributed by atoms with van der Waals surface area (Å²) in [5.74, 6) is -1.67. The summed E-state index contributed by atoms with van der Waals surface area (Å²) < 4.78 is 5.42. The Bertz CT molecular complexity index is 1020. The number of carboxylic acid groups (broad SMARTS) is 1. The minimum Gasteiger partial charge on any atom is -0.480 e.